The zero-order valence-corrected chi connectivity index (χ0v) is 13.7. The zero-order chi connectivity index (χ0) is 15.4. The van der Waals surface area contributed by atoms with Crippen molar-refractivity contribution in [2.75, 3.05) is 11.9 Å². The van der Waals surface area contributed by atoms with E-state index in [-0.39, 0.29) is 12.4 Å². The number of carbonyl (C=O) groups excluding carboxylic acids is 1. The minimum absolute atomic E-state index is 0.179. The summed E-state index contributed by atoms with van der Waals surface area (Å²) in [6, 6.07) is 8.12. The smallest absolute Gasteiger partial charge is 0.262 e. The summed E-state index contributed by atoms with van der Waals surface area (Å²) in [5, 5.41) is 2.61. The summed E-state index contributed by atoms with van der Waals surface area (Å²) >= 11 is 6.60. The Balaban J connectivity index is 1.96. The molecule has 21 heavy (non-hydrogen) atoms. The maximum atomic E-state index is 13.3. The topological polar surface area (TPSA) is 38.3 Å². The van der Waals surface area contributed by atoms with Crippen molar-refractivity contribution in [3.05, 3.63) is 57.0 Å². The quantitative estimate of drug-likeness (QED) is 0.790. The fraction of sp³-hybridized carbons (Fsp3) is 0.0714. The van der Waals surface area contributed by atoms with Crippen molar-refractivity contribution in [1.82, 2.24) is 0 Å². The summed E-state index contributed by atoms with van der Waals surface area (Å²) in [4.78, 5) is 11.7. The van der Waals surface area contributed by atoms with Crippen LogP contribution in [0.25, 0.3) is 0 Å². The van der Waals surface area contributed by atoms with Crippen LogP contribution in [0.1, 0.15) is 0 Å². The summed E-state index contributed by atoms with van der Waals surface area (Å²) in [5.41, 5.74) is 0.561. The Morgan fingerprint density at radius 3 is 2.57 bits per heavy atom. The summed E-state index contributed by atoms with van der Waals surface area (Å²) in [6.07, 6.45) is 0. The number of rotatable bonds is 4. The second-order valence-electron chi connectivity index (χ2n) is 4.04. The summed E-state index contributed by atoms with van der Waals surface area (Å²) in [7, 11) is 0. The van der Waals surface area contributed by atoms with E-state index in [1.54, 1.807) is 18.2 Å². The fourth-order valence-corrected chi connectivity index (χ4v) is 2.66. The highest BCUT2D eigenvalue weighted by molar-refractivity contribution is 9.11. The first kappa shape index (κ1) is 15.9. The van der Waals surface area contributed by atoms with Gasteiger partial charge in [-0.05, 0) is 46.3 Å². The van der Waals surface area contributed by atoms with E-state index in [1.165, 1.54) is 0 Å². The minimum atomic E-state index is -0.854. The first-order chi connectivity index (χ1) is 9.95. The Bertz CT molecular complexity index is 680. The molecule has 0 radical (unpaired) electrons. The number of ether oxygens (including phenoxy) is 1. The molecular weight excluding hydrogens is 412 g/mol. The molecule has 2 aromatic carbocycles. The standard InChI is InChI=1S/C14H9Br2F2NO2/c15-8-1-3-12(10(16)5-8)19-14(20)7-21-13-4-2-9(17)6-11(13)18/h1-6H,7H2,(H,19,20). The van der Waals surface area contributed by atoms with Gasteiger partial charge in [0.1, 0.15) is 5.82 Å². The van der Waals surface area contributed by atoms with Crippen LogP contribution in [-0.2, 0) is 4.79 Å². The fourth-order valence-electron chi connectivity index (χ4n) is 1.51. The van der Waals surface area contributed by atoms with Crippen molar-refractivity contribution in [3.63, 3.8) is 0 Å². The highest BCUT2D eigenvalue weighted by atomic mass is 79.9. The number of benzene rings is 2. The Kier molecular flexibility index (Phi) is 5.30. The van der Waals surface area contributed by atoms with Gasteiger partial charge < -0.3 is 10.1 Å². The zero-order valence-electron chi connectivity index (χ0n) is 10.5. The van der Waals surface area contributed by atoms with Crippen LogP contribution in [0.4, 0.5) is 14.5 Å². The normalized spacial score (nSPS) is 10.3. The molecule has 0 aliphatic carbocycles. The summed E-state index contributed by atoms with van der Waals surface area (Å²) in [6.45, 7) is -0.384. The molecule has 0 aliphatic rings. The third-order valence-electron chi connectivity index (χ3n) is 2.46. The third kappa shape index (κ3) is 4.50. The van der Waals surface area contributed by atoms with Gasteiger partial charge in [0, 0.05) is 15.0 Å². The number of hydrogen-bond donors (Lipinski definition) is 1. The molecule has 0 aliphatic heterocycles. The lowest BCUT2D eigenvalue weighted by molar-refractivity contribution is -0.118. The van der Waals surface area contributed by atoms with Gasteiger partial charge in [0.25, 0.3) is 5.91 Å². The molecule has 2 aromatic rings. The molecule has 0 atom stereocenters. The van der Waals surface area contributed by atoms with Crippen molar-refractivity contribution >= 4 is 43.5 Å². The van der Waals surface area contributed by atoms with Gasteiger partial charge in [-0.1, -0.05) is 15.9 Å². The SMILES string of the molecule is O=C(COc1ccc(F)cc1F)Nc1ccc(Br)cc1Br. The van der Waals surface area contributed by atoms with E-state index in [1.807, 2.05) is 0 Å². The molecule has 0 saturated heterocycles. The molecule has 2 rings (SSSR count). The van der Waals surface area contributed by atoms with E-state index in [2.05, 4.69) is 37.2 Å². The first-order valence-electron chi connectivity index (χ1n) is 5.78. The number of nitrogens with one attached hydrogen (secondary N) is 1. The van der Waals surface area contributed by atoms with Gasteiger partial charge in [0.05, 0.1) is 5.69 Å². The van der Waals surface area contributed by atoms with Crippen LogP contribution >= 0.6 is 31.9 Å². The number of halogens is 4. The maximum Gasteiger partial charge on any atom is 0.262 e. The Labute approximate surface area is 136 Å². The molecule has 0 spiro atoms. The van der Waals surface area contributed by atoms with Crippen LogP contribution in [0.3, 0.4) is 0 Å². The van der Waals surface area contributed by atoms with E-state index < -0.39 is 17.5 Å². The van der Waals surface area contributed by atoms with E-state index in [9.17, 15) is 13.6 Å². The molecule has 110 valence electrons. The predicted molar refractivity (Wildman–Crippen MR) is 82.3 cm³/mol. The number of hydrogen-bond acceptors (Lipinski definition) is 2. The average molecular weight is 421 g/mol. The van der Waals surface area contributed by atoms with E-state index >= 15 is 0 Å². The van der Waals surface area contributed by atoms with Gasteiger partial charge in [0.15, 0.2) is 18.2 Å². The minimum Gasteiger partial charge on any atom is -0.481 e. The third-order valence-corrected chi connectivity index (χ3v) is 3.61. The molecule has 0 bridgehead atoms. The van der Waals surface area contributed by atoms with E-state index in [0.717, 1.165) is 16.6 Å². The molecule has 0 unspecified atom stereocenters. The lowest BCUT2D eigenvalue weighted by Gasteiger charge is -2.09. The molecule has 0 fully saturated rings. The highest BCUT2D eigenvalue weighted by Crippen LogP contribution is 2.26. The molecule has 7 heteroatoms. The van der Waals surface area contributed by atoms with Crippen LogP contribution in [0.15, 0.2) is 45.3 Å². The van der Waals surface area contributed by atoms with Crippen molar-refractivity contribution < 1.29 is 18.3 Å². The van der Waals surface area contributed by atoms with Crippen LogP contribution in [0, 0.1) is 11.6 Å². The van der Waals surface area contributed by atoms with Crippen LogP contribution in [0.2, 0.25) is 0 Å². The number of amides is 1. The van der Waals surface area contributed by atoms with Crippen LogP contribution in [0.5, 0.6) is 5.75 Å². The molecule has 0 aromatic heterocycles. The van der Waals surface area contributed by atoms with Crippen LogP contribution in [-0.4, -0.2) is 12.5 Å². The van der Waals surface area contributed by atoms with Gasteiger partial charge in [-0.25, -0.2) is 8.78 Å². The Hall–Kier alpha value is -1.47. The molecule has 0 heterocycles. The van der Waals surface area contributed by atoms with Crippen molar-refractivity contribution in [2.45, 2.75) is 0 Å². The Morgan fingerprint density at radius 2 is 1.90 bits per heavy atom. The lowest BCUT2D eigenvalue weighted by atomic mass is 10.3. The molecular formula is C14H9Br2F2NO2. The van der Waals surface area contributed by atoms with Crippen molar-refractivity contribution in [3.8, 4) is 5.75 Å². The van der Waals surface area contributed by atoms with Gasteiger partial charge in [-0.3, -0.25) is 4.79 Å². The lowest BCUT2D eigenvalue weighted by Crippen LogP contribution is -2.20. The van der Waals surface area contributed by atoms with E-state index in [0.29, 0.717) is 16.2 Å². The van der Waals surface area contributed by atoms with Crippen molar-refractivity contribution in [2.24, 2.45) is 0 Å². The molecule has 1 amide bonds. The monoisotopic (exact) mass is 419 g/mol. The number of anilines is 1. The molecule has 3 nitrogen and oxygen atoms in total. The number of carbonyl (C=O) groups is 1. The van der Waals surface area contributed by atoms with Crippen molar-refractivity contribution in [1.29, 1.82) is 0 Å². The second-order valence-corrected chi connectivity index (χ2v) is 5.81. The van der Waals surface area contributed by atoms with Gasteiger partial charge >= 0.3 is 0 Å². The van der Waals surface area contributed by atoms with E-state index in [4.69, 9.17) is 4.74 Å². The Morgan fingerprint density at radius 1 is 1.14 bits per heavy atom. The first-order valence-corrected chi connectivity index (χ1v) is 7.37. The van der Waals surface area contributed by atoms with Crippen LogP contribution < -0.4 is 10.1 Å². The van der Waals surface area contributed by atoms with Gasteiger partial charge in [-0.15, -0.1) is 0 Å². The largest absolute Gasteiger partial charge is 0.481 e. The average Bonchev–Trinajstić information content (AvgIpc) is 2.41. The van der Waals surface area contributed by atoms with Gasteiger partial charge in [-0.2, -0.15) is 0 Å². The predicted octanol–water partition coefficient (Wildman–Crippen LogP) is 4.51. The maximum absolute atomic E-state index is 13.3. The highest BCUT2D eigenvalue weighted by Gasteiger charge is 2.09. The summed E-state index contributed by atoms with van der Waals surface area (Å²) < 4.78 is 32.6. The molecule has 1 N–H and O–H groups in total. The summed E-state index contributed by atoms with van der Waals surface area (Å²) in [5.74, 6) is -2.20. The van der Waals surface area contributed by atoms with Gasteiger partial charge in [0.2, 0.25) is 0 Å². The second kappa shape index (κ2) is 7.00. The molecule has 0 saturated carbocycles.